The minimum Gasteiger partial charge on any atom is -0.387 e. The molecule has 1 aliphatic carbocycles. The Kier molecular flexibility index (Phi) is 3.92. The van der Waals surface area contributed by atoms with E-state index in [0.29, 0.717) is 18.6 Å². The summed E-state index contributed by atoms with van der Waals surface area (Å²) < 4.78 is 27.3. The predicted octanol–water partition coefficient (Wildman–Crippen LogP) is 2.05. The van der Waals surface area contributed by atoms with Crippen molar-refractivity contribution < 1.29 is 18.7 Å². The van der Waals surface area contributed by atoms with Crippen molar-refractivity contribution in [3.05, 3.63) is 35.4 Å². The SMILES string of the molecule is O=C(NCC1(O)CCSC1)C1CC1c1c(F)cccc1F. The van der Waals surface area contributed by atoms with Gasteiger partial charge in [0.2, 0.25) is 5.91 Å². The Labute approximate surface area is 126 Å². The number of aliphatic hydroxyl groups is 1. The Morgan fingerprint density at radius 3 is 2.76 bits per heavy atom. The van der Waals surface area contributed by atoms with Crippen LogP contribution in [0.4, 0.5) is 8.78 Å². The van der Waals surface area contributed by atoms with Gasteiger partial charge in [-0.15, -0.1) is 0 Å². The molecule has 2 aliphatic rings. The summed E-state index contributed by atoms with van der Waals surface area (Å²) in [5, 5.41) is 12.9. The lowest BCUT2D eigenvalue weighted by Crippen LogP contribution is -2.43. The molecule has 3 atom stereocenters. The maximum Gasteiger partial charge on any atom is 0.223 e. The first-order valence-corrected chi connectivity index (χ1v) is 8.17. The highest BCUT2D eigenvalue weighted by atomic mass is 32.2. The molecule has 6 heteroatoms. The van der Waals surface area contributed by atoms with Gasteiger partial charge in [0.25, 0.3) is 0 Å². The maximum atomic E-state index is 13.7. The molecule has 0 radical (unpaired) electrons. The molecule has 1 aromatic carbocycles. The molecular weight excluding hydrogens is 296 g/mol. The van der Waals surface area contributed by atoms with Gasteiger partial charge in [-0.1, -0.05) is 6.07 Å². The van der Waals surface area contributed by atoms with Crippen LogP contribution in [-0.4, -0.2) is 34.7 Å². The summed E-state index contributed by atoms with van der Waals surface area (Å²) in [5.41, 5.74) is -0.832. The van der Waals surface area contributed by atoms with E-state index in [4.69, 9.17) is 0 Å². The summed E-state index contributed by atoms with van der Waals surface area (Å²) in [7, 11) is 0. The molecular formula is C15H17F2NO2S. The molecule has 3 unspecified atom stereocenters. The largest absolute Gasteiger partial charge is 0.387 e. The molecule has 2 N–H and O–H groups in total. The van der Waals surface area contributed by atoms with E-state index in [-0.39, 0.29) is 18.0 Å². The number of hydrogen-bond acceptors (Lipinski definition) is 3. The van der Waals surface area contributed by atoms with Gasteiger partial charge in [-0.05, 0) is 30.7 Å². The van der Waals surface area contributed by atoms with Gasteiger partial charge in [-0.2, -0.15) is 11.8 Å². The van der Waals surface area contributed by atoms with E-state index in [1.807, 2.05) is 0 Å². The Hall–Kier alpha value is -1.14. The lowest BCUT2D eigenvalue weighted by atomic mass is 10.0. The van der Waals surface area contributed by atoms with Crippen LogP contribution in [0, 0.1) is 17.6 Å². The van der Waals surface area contributed by atoms with E-state index in [1.165, 1.54) is 18.2 Å². The summed E-state index contributed by atoms with van der Waals surface area (Å²) in [6.45, 7) is 0.210. The number of amides is 1. The predicted molar refractivity (Wildman–Crippen MR) is 77.1 cm³/mol. The average Bonchev–Trinajstić information content (AvgIpc) is 3.10. The van der Waals surface area contributed by atoms with Gasteiger partial charge in [0.1, 0.15) is 11.6 Å². The fourth-order valence-corrected chi connectivity index (χ4v) is 4.08. The molecule has 1 saturated heterocycles. The van der Waals surface area contributed by atoms with Crippen molar-refractivity contribution in [1.29, 1.82) is 0 Å². The van der Waals surface area contributed by atoms with Crippen LogP contribution in [0.5, 0.6) is 0 Å². The molecule has 3 nitrogen and oxygen atoms in total. The third-order valence-corrected chi connectivity index (χ3v) is 5.41. The van der Waals surface area contributed by atoms with E-state index >= 15 is 0 Å². The van der Waals surface area contributed by atoms with Crippen molar-refractivity contribution in [3.63, 3.8) is 0 Å². The van der Waals surface area contributed by atoms with Crippen molar-refractivity contribution in [2.45, 2.75) is 24.4 Å². The minimum atomic E-state index is -0.839. The molecule has 1 aliphatic heterocycles. The van der Waals surface area contributed by atoms with Gasteiger partial charge < -0.3 is 10.4 Å². The molecule has 1 aromatic rings. The Morgan fingerprint density at radius 1 is 1.43 bits per heavy atom. The zero-order chi connectivity index (χ0) is 15.0. The third-order valence-electron chi connectivity index (χ3n) is 4.17. The molecule has 0 bridgehead atoms. The Morgan fingerprint density at radius 2 is 2.14 bits per heavy atom. The van der Waals surface area contributed by atoms with E-state index in [1.54, 1.807) is 11.8 Å². The van der Waals surface area contributed by atoms with Crippen LogP contribution in [0.1, 0.15) is 24.3 Å². The smallest absolute Gasteiger partial charge is 0.223 e. The van der Waals surface area contributed by atoms with Crippen LogP contribution < -0.4 is 5.32 Å². The van der Waals surface area contributed by atoms with Gasteiger partial charge in [0.15, 0.2) is 0 Å². The van der Waals surface area contributed by atoms with Crippen LogP contribution in [0.2, 0.25) is 0 Å². The maximum absolute atomic E-state index is 13.7. The Bertz CT molecular complexity index is 540. The molecule has 114 valence electrons. The highest BCUT2D eigenvalue weighted by Gasteiger charge is 2.47. The van der Waals surface area contributed by atoms with Crippen molar-refractivity contribution in [2.24, 2.45) is 5.92 Å². The number of rotatable bonds is 4. The molecule has 0 spiro atoms. The first kappa shape index (κ1) is 14.8. The second-order valence-electron chi connectivity index (χ2n) is 5.83. The van der Waals surface area contributed by atoms with Crippen molar-refractivity contribution in [1.82, 2.24) is 5.32 Å². The number of hydrogen-bond donors (Lipinski definition) is 2. The minimum absolute atomic E-state index is 0.00721. The van der Waals surface area contributed by atoms with Crippen LogP contribution in [0.25, 0.3) is 0 Å². The number of benzene rings is 1. The molecule has 21 heavy (non-hydrogen) atoms. The average molecular weight is 313 g/mol. The van der Waals surface area contributed by atoms with Crippen molar-refractivity contribution in [3.8, 4) is 0 Å². The summed E-state index contributed by atoms with van der Waals surface area (Å²) in [5.74, 6) is -0.703. The molecule has 2 fully saturated rings. The van der Waals surface area contributed by atoms with Crippen LogP contribution >= 0.6 is 11.8 Å². The fraction of sp³-hybridized carbons (Fsp3) is 0.533. The zero-order valence-electron chi connectivity index (χ0n) is 11.4. The number of thioether (sulfide) groups is 1. The molecule has 3 rings (SSSR count). The van der Waals surface area contributed by atoms with E-state index in [9.17, 15) is 18.7 Å². The van der Waals surface area contributed by atoms with Crippen molar-refractivity contribution in [2.75, 3.05) is 18.1 Å². The van der Waals surface area contributed by atoms with E-state index in [0.717, 1.165) is 5.75 Å². The van der Waals surface area contributed by atoms with E-state index in [2.05, 4.69) is 5.32 Å². The summed E-state index contributed by atoms with van der Waals surface area (Å²) in [4.78, 5) is 12.0. The first-order valence-electron chi connectivity index (χ1n) is 7.02. The van der Waals surface area contributed by atoms with Crippen molar-refractivity contribution >= 4 is 17.7 Å². The standard InChI is InChI=1S/C15H17F2NO2S/c16-11-2-1-3-12(17)13(11)9-6-10(9)14(19)18-7-15(20)4-5-21-8-15/h1-3,9-10,20H,4-8H2,(H,18,19). The fourth-order valence-electron chi connectivity index (χ4n) is 2.79. The summed E-state index contributed by atoms with van der Waals surface area (Å²) in [6, 6.07) is 3.74. The van der Waals surface area contributed by atoms with Crippen LogP contribution in [0.3, 0.4) is 0 Å². The molecule has 0 aromatic heterocycles. The van der Waals surface area contributed by atoms with Crippen LogP contribution in [-0.2, 0) is 4.79 Å². The number of halogens is 2. The second-order valence-corrected chi connectivity index (χ2v) is 6.93. The van der Waals surface area contributed by atoms with Gasteiger partial charge in [-0.25, -0.2) is 8.78 Å². The zero-order valence-corrected chi connectivity index (χ0v) is 12.3. The third kappa shape index (κ3) is 3.06. The lowest BCUT2D eigenvalue weighted by Gasteiger charge is -2.21. The number of carbonyl (C=O) groups excluding carboxylic acids is 1. The van der Waals surface area contributed by atoms with E-state index < -0.39 is 29.1 Å². The lowest BCUT2D eigenvalue weighted by molar-refractivity contribution is -0.123. The van der Waals surface area contributed by atoms with Gasteiger partial charge in [0.05, 0.1) is 5.60 Å². The first-order chi connectivity index (χ1) is 10.0. The molecule has 1 heterocycles. The number of nitrogens with one attached hydrogen (secondary N) is 1. The van der Waals surface area contributed by atoms with Gasteiger partial charge in [0, 0.05) is 29.7 Å². The monoisotopic (exact) mass is 313 g/mol. The summed E-state index contributed by atoms with van der Waals surface area (Å²) in [6.07, 6.45) is 1.12. The second kappa shape index (κ2) is 5.57. The van der Waals surface area contributed by atoms with Gasteiger partial charge >= 0.3 is 0 Å². The van der Waals surface area contributed by atoms with Crippen LogP contribution in [0.15, 0.2) is 18.2 Å². The normalized spacial score (nSPS) is 31.2. The molecule has 1 saturated carbocycles. The number of carbonyl (C=O) groups is 1. The van der Waals surface area contributed by atoms with Gasteiger partial charge in [-0.3, -0.25) is 4.79 Å². The summed E-state index contributed by atoms with van der Waals surface area (Å²) >= 11 is 1.66. The highest BCUT2D eigenvalue weighted by molar-refractivity contribution is 7.99. The quantitative estimate of drug-likeness (QED) is 0.894. The highest BCUT2D eigenvalue weighted by Crippen LogP contribution is 2.49. The Balaban J connectivity index is 1.59. The topological polar surface area (TPSA) is 49.3 Å². The molecule has 1 amide bonds.